The molecule has 1 aliphatic rings. The van der Waals surface area contributed by atoms with E-state index in [1.54, 1.807) is 25.1 Å². The van der Waals surface area contributed by atoms with Gasteiger partial charge in [0.15, 0.2) is 0 Å². The van der Waals surface area contributed by atoms with E-state index in [1.165, 1.54) is 36.4 Å². The van der Waals surface area contributed by atoms with Gasteiger partial charge in [-0.25, -0.2) is 9.69 Å². The van der Waals surface area contributed by atoms with Gasteiger partial charge in [0.05, 0.1) is 15.6 Å². The van der Waals surface area contributed by atoms with Crippen molar-refractivity contribution < 1.29 is 23.7 Å². The number of amides is 4. The van der Waals surface area contributed by atoms with Crippen molar-refractivity contribution >= 4 is 62.8 Å². The minimum atomic E-state index is -0.874. The highest BCUT2D eigenvalue weighted by Gasteiger charge is 2.37. The summed E-state index contributed by atoms with van der Waals surface area (Å²) >= 11 is 9.51. The van der Waals surface area contributed by atoms with Crippen LogP contribution in [0.25, 0.3) is 17.4 Å². The van der Waals surface area contributed by atoms with Crippen LogP contribution in [-0.4, -0.2) is 22.8 Å². The average Bonchev–Trinajstić information content (AvgIpc) is 3.22. The van der Waals surface area contributed by atoms with Crippen LogP contribution in [0.5, 0.6) is 0 Å². The molecular weight excluding hydrogens is 518 g/mol. The summed E-state index contributed by atoms with van der Waals surface area (Å²) in [5, 5.41) is 13.4. The van der Waals surface area contributed by atoms with Crippen LogP contribution in [0.1, 0.15) is 11.3 Å². The van der Waals surface area contributed by atoms with E-state index >= 15 is 0 Å². The number of furan rings is 1. The van der Waals surface area contributed by atoms with Gasteiger partial charge >= 0.3 is 6.03 Å². The van der Waals surface area contributed by atoms with Crippen molar-refractivity contribution in [2.45, 2.75) is 6.92 Å². The number of nitrogens with one attached hydrogen (secondary N) is 1. The fourth-order valence-corrected chi connectivity index (χ4v) is 3.65. The highest BCUT2D eigenvalue weighted by atomic mass is 79.9. The Balaban J connectivity index is 1.70. The zero-order chi connectivity index (χ0) is 23.9. The van der Waals surface area contributed by atoms with E-state index in [0.29, 0.717) is 5.69 Å². The first-order valence-electron chi connectivity index (χ1n) is 9.37. The normalized spacial score (nSPS) is 15.2. The predicted octanol–water partition coefficient (Wildman–Crippen LogP) is 5.25. The third-order valence-corrected chi connectivity index (χ3v) is 6.06. The number of nitro benzene ring substituents is 1. The number of hydrogen-bond donors (Lipinski definition) is 1. The number of hydrogen-bond acceptors (Lipinski definition) is 6. The van der Waals surface area contributed by atoms with E-state index in [1.807, 2.05) is 0 Å². The quantitative estimate of drug-likeness (QED) is 0.213. The van der Waals surface area contributed by atoms with Crippen LogP contribution in [0.2, 0.25) is 5.02 Å². The number of carbonyl (C=O) groups is 3. The van der Waals surface area contributed by atoms with E-state index in [9.17, 15) is 24.5 Å². The van der Waals surface area contributed by atoms with Crippen molar-refractivity contribution in [1.29, 1.82) is 0 Å². The minimum Gasteiger partial charge on any atom is -0.457 e. The van der Waals surface area contributed by atoms with Crippen molar-refractivity contribution in [2.75, 3.05) is 4.90 Å². The number of carbonyl (C=O) groups excluding carboxylic acids is 3. The highest BCUT2D eigenvalue weighted by molar-refractivity contribution is 9.10. The zero-order valence-corrected chi connectivity index (χ0v) is 19.1. The Morgan fingerprint density at radius 2 is 1.88 bits per heavy atom. The Hall–Kier alpha value is -3.76. The fraction of sp³-hybridized carbons (Fsp3) is 0.0455. The SMILES string of the molecule is Cc1cc(N2C(=O)NC(=O)/C(=C\c3ccc(-c4cc([N+](=O)[O-])ccc4Cl)o3)C2=O)ccc1Br. The number of barbiturate groups is 1. The molecule has 166 valence electrons. The molecule has 1 aliphatic heterocycles. The van der Waals surface area contributed by atoms with Crippen LogP contribution in [0, 0.1) is 17.0 Å². The number of benzene rings is 2. The summed E-state index contributed by atoms with van der Waals surface area (Å²) in [5.41, 5.74) is 0.866. The molecule has 11 heteroatoms. The molecule has 1 saturated heterocycles. The Bertz CT molecular complexity index is 1380. The lowest BCUT2D eigenvalue weighted by Crippen LogP contribution is -2.54. The second-order valence-corrected chi connectivity index (χ2v) is 8.28. The molecule has 1 aromatic heterocycles. The minimum absolute atomic E-state index is 0.118. The van der Waals surface area contributed by atoms with Crippen LogP contribution in [0.15, 0.2) is 63.0 Å². The maximum Gasteiger partial charge on any atom is 0.335 e. The Morgan fingerprint density at radius 1 is 1.12 bits per heavy atom. The van der Waals surface area contributed by atoms with Crippen LogP contribution in [0.3, 0.4) is 0 Å². The molecule has 0 aliphatic carbocycles. The first-order chi connectivity index (χ1) is 15.7. The first-order valence-corrected chi connectivity index (χ1v) is 10.5. The van der Waals surface area contributed by atoms with E-state index in [-0.39, 0.29) is 33.4 Å². The number of non-ortho nitro benzene ring substituents is 1. The molecule has 0 radical (unpaired) electrons. The molecule has 4 amide bonds. The van der Waals surface area contributed by atoms with Crippen molar-refractivity contribution in [3.63, 3.8) is 0 Å². The van der Waals surface area contributed by atoms with Crippen LogP contribution >= 0.6 is 27.5 Å². The third-order valence-electron chi connectivity index (χ3n) is 4.84. The number of anilines is 1. The molecular formula is C22H13BrClN3O6. The lowest BCUT2D eigenvalue weighted by Gasteiger charge is -2.26. The smallest absolute Gasteiger partial charge is 0.335 e. The maximum absolute atomic E-state index is 13.0. The number of nitrogens with zero attached hydrogens (tertiary/aromatic N) is 2. The number of rotatable bonds is 4. The van der Waals surface area contributed by atoms with Gasteiger partial charge in [0.1, 0.15) is 17.1 Å². The van der Waals surface area contributed by atoms with E-state index in [0.717, 1.165) is 14.9 Å². The molecule has 3 aromatic rings. The lowest BCUT2D eigenvalue weighted by molar-refractivity contribution is -0.384. The van der Waals surface area contributed by atoms with Crippen molar-refractivity contribution in [1.82, 2.24) is 5.32 Å². The summed E-state index contributed by atoms with van der Waals surface area (Å²) in [6.45, 7) is 1.80. The monoisotopic (exact) mass is 529 g/mol. The molecule has 33 heavy (non-hydrogen) atoms. The number of imide groups is 2. The summed E-state index contributed by atoms with van der Waals surface area (Å²) in [4.78, 5) is 49.1. The number of halogens is 2. The van der Waals surface area contributed by atoms with Gasteiger partial charge in [-0.3, -0.25) is 25.0 Å². The third kappa shape index (κ3) is 4.30. The van der Waals surface area contributed by atoms with E-state index in [4.69, 9.17) is 16.0 Å². The topological polar surface area (TPSA) is 123 Å². The van der Waals surface area contributed by atoms with Crippen LogP contribution < -0.4 is 10.2 Å². The van der Waals surface area contributed by atoms with E-state index in [2.05, 4.69) is 21.2 Å². The summed E-state index contributed by atoms with van der Waals surface area (Å²) in [7, 11) is 0. The molecule has 0 atom stereocenters. The first kappa shape index (κ1) is 22.4. The molecule has 1 N–H and O–H groups in total. The van der Waals surface area contributed by atoms with Gasteiger partial charge in [0, 0.05) is 22.2 Å². The number of nitro groups is 1. The molecule has 4 rings (SSSR count). The highest BCUT2D eigenvalue weighted by Crippen LogP contribution is 2.33. The number of aryl methyl sites for hydroxylation is 1. The molecule has 1 fully saturated rings. The second-order valence-electron chi connectivity index (χ2n) is 7.01. The van der Waals surface area contributed by atoms with Crippen molar-refractivity contribution in [3.8, 4) is 11.3 Å². The molecule has 2 aromatic carbocycles. The molecule has 0 spiro atoms. The molecule has 0 saturated carbocycles. The Kier molecular flexibility index (Phi) is 5.88. The van der Waals surface area contributed by atoms with Gasteiger partial charge in [0.2, 0.25) is 0 Å². The van der Waals surface area contributed by atoms with Gasteiger partial charge in [-0.2, -0.15) is 0 Å². The van der Waals surface area contributed by atoms with Gasteiger partial charge in [-0.05, 0) is 55.0 Å². The fourth-order valence-electron chi connectivity index (χ4n) is 3.19. The van der Waals surface area contributed by atoms with Crippen LogP contribution in [-0.2, 0) is 9.59 Å². The van der Waals surface area contributed by atoms with Gasteiger partial charge in [0.25, 0.3) is 17.5 Å². The van der Waals surface area contributed by atoms with Crippen molar-refractivity contribution in [2.24, 2.45) is 0 Å². The second kappa shape index (κ2) is 8.64. The predicted molar refractivity (Wildman–Crippen MR) is 124 cm³/mol. The van der Waals surface area contributed by atoms with Gasteiger partial charge in [-0.1, -0.05) is 27.5 Å². The number of urea groups is 1. The Labute approximate surface area is 199 Å². The lowest BCUT2D eigenvalue weighted by atomic mass is 10.1. The van der Waals surface area contributed by atoms with Crippen molar-refractivity contribution in [3.05, 3.63) is 85.0 Å². The summed E-state index contributed by atoms with van der Waals surface area (Å²) < 4.78 is 6.46. The maximum atomic E-state index is 13.0. The van der Waals surface area contributed by atoms with Gasteiger partial charge < -0.3 is 4.42 Å². The van der Waals surface area contributed by atoms with Gasteiger partial charge in [-0.15, -0.1) is 0 Å². The zero-order valence-electron chi connectivity index (χ0n) is 16.8. The molecule has 2 heterocycles. The summed E-state index contributed by atoms with van der Waals surface area (Å²) in [5.74, 6) is -1.37. The Morgan fingerprint density at radius 3 is 2.58 bits per heavy atom. The summed E-state index contributed by atoms with van der Waals surface area (Å²) in [6, 6.07) is 10.9. The van der Waals surface area contributed by atoms with Crippen LogP contribution in [0.4, 0.5) is 16.2 Å². The average molecular weight is 531 g/mol. The largest absolute Gasteiger partial charge is 0.457 e. The summed E-state index contributed by atoms with van der Waals surface area (Å²) in [6.07, 6.45) is 1.19. The molecule has 9 nitrogen and oxygen atoms in total. The molecule has 0 bridgehead atoms. The van der Waals surface area contributed by atoms with E-state index < -0.39 is 22.8 Å². The molecule has 0 unspecified atom stereocenters. The standard InChI is InChI=1S/C22H13BrClN3O6/c1-11-8-12(2-5-17(11)23)26-21(29)16(20(28)25-22(26)30)10-14-4-7-19(33-14)15-9-13(27(31)32)3-6-18(15)24/h2-10H,1H3,(H,25,28,30)/b16-10+.